The van der Waals surface area contributed by atoms with Crippen LogP contribution in [0, 0.1) is 0 Å². The van der Waals surface area contributed by atoms with E-state index >= 15 is 0 Å². The Bertz CT molecular complexity index is 1440. The van der Waals surface area contributed by atoms with Crippen LogP contribution < -0.4 is 14.4 Å². The lowest BCUT2D eigenvalue weighted by atomic mass is 10.1. The van der Waals surface area contributed by atoms with E-state index in [-0.39, 0.29) is 23.0 Å². The minimum atomic E-state index is -4.21. The Morgan fingerprint density at radius 2 is 1.61 bits per heavy atom. The van der Waals surface area contributed by atoms with Crippen LogP contribution in [0.1, 0.15) is 39.2 Å². The number of para-hydroxylation sites is 2. The van der Waals surface area contributed by atoms with E-state index in [1.807, 2.05) is 6.92 Å². The van der Waals surface area contributed by atoms with Crippen molar-refractivity contribution >= 4 is 50.7 Å². The molecule has 0 spiro atoms. The molecule has 3 aromatic rings. The summed E-state index contributed by atoms with van der Waals surface area (Å²) in [7, 11) is -4.21. The van der Waals surface area contributed by atoms with Gasteiger partial charge in [-0.2, -0.15) is 0 Å². The molecule has 0 aromatic heterocycles. The quantitative estimate of drug-likeness (QED) is 0.242. The maximum Gasteiger partial charge on any atom is 0.264 e. The summed E-state index contributed by atoms with van der Waals surface area (Å²) < 4.78 is 34.8. The van der Waals surface area contributed by atoms with Crippen LogP contribution in [0.2, 0.25) is 10.0 Å². The van der Waals surface area contributed by atoms with Gasteiger partial charge in [-0.25, -0.2) is 8.42 Å². The molecule has 1 N–H and O–H groups in total. The number of hydrogen-bond donors (Lipinski definition) is 1. The van der Waals surface area contributed by atoms with Gasteiger partial charge in [0.25, 0.3) is 10.0 Å². The molecule has 0 aliphatic heterocycles. The third-order valence-corrected chi connectivity index (χ3v) is 8.83. The third kappa shape index (κ3) is 8.15. The predicted molar refractivity (Wildman–Crippen MR) is 163 cm³/mol. The number of rotatable bonds is 14. The van der Waals surface area contributed by atoms with Crippen molar-refractivity contribution < 1.29 is 22.7 Å². The van der Waals surface area contributed by atoms with Gasteiger partial charge in [0, 0.05) is 13.1 Å². The fourth-order valence-electron chi connectivity index (χ4n) is 4.29. The van der Waals surface area contributed by atoms with Crippen LogP contribution in [-0.4, -0.2) is 50.9 Å². The summed E-state index contributed by atoms with van der Waals surface area (Å²) in [5.74, 6) is -0.582. The van der Waals surface area contributed by atoms with E-state index in [2.05, 4.69) is 5.32 Å². The number of sulfonamides is 1. The zero-order chi connectivity index (χ0) is 30.0. The van der Waals surface area contributed by atoms with E-state index in [1.54, 1.807) is 74.5 Å². The molecule has 0 bridgehead atoms. The molecule has 0 aliphatic carbocycles. The molecule has 1 atom stereocenters. The second-order valence-corrected chi connectivity index (χ2v) is 11.9. The first-order valence-electron chi connectivity index (χ1n) is 13.4. The summed E-state index contributed by atoms with van der Waals surface area (Å²) in [6, 6.07) is 18.6. The molecular weight excluding hydrogens is 585 g/mol. The second kappa shape index (κ2) is 15.1. The van der Waals surface area contributed by atoms with Crippen LogP contribution in [0.3, 0.4) is 0 Å². The highest BCUT2D eigenvalue weighted by atomic mass is 35.5. The van der Waals surface area contributed by atoms with Gasteiger partial charge in [0.05, 0.1) is 27.2 Å². The van der Waals surface area contributed by atoms with Gasteiger partial charge in [-0.1, -0.05) is 73.4 Å². The van der Waals surface area contributed by atoms with Crippen molar-refractivity contribution in [2.24, 2.45) is 0 Å². The summed E-state index contributed by atoms with van der Waals surface area (Å²) in [5, 5.41) is 3.52. The number of carbonyl (C=O) groups excluding carboxylic acids is 2. The number of hydrogen-bond acceptors (Lipinski definition) is 5. The van der Waals surface area contributed by atoms with E-state index in [9.17, 15) is 18.0 Å². The van der Waals surface area contributed by atoms with Crippen LogP contribution >= 0.6 is 23.2 Å². The van der Waals surface area contributed by atoms with Gasteiger partial charge in [-0.05, 0) is 61.7 Å². The first-order chi connectivity index (χ1) is 19.6. The number of benzene rings is 3. The van der Waals surface area contributed by atoms with Gasteiger partial charge in [0.1, 0.15) is 18.3 Å². The predicted octanol–water partition coefficient (Wildman–Crippen LogP) is 5.92. The fourth-order valence-corrected chi connectivity index (χ4v) is 6.06. The molecule has 0 aliphatic rings. The number of anilines is 1. The Kier molecular flexibility index (Phi) is 11.9. The summed E-state index contributed by atoms with van der Waals surface area (Å²) >= 11 is 12.3. The molecule has 8 nitrogen and oxygen atoms in total. The zero-order valence-corrected chi connectivity index (χ0v) is 25.7. The Morgan fingerprint density at radius 1 is 0.927 bits per heavy atom. The van der Waals surface area contributed by atoms with E-state index in [4.69, 9.17) is 27.9 Å². The lowest BCUT2D eigenvalue weighted by Gasteiger charge is -2.33. The van der Waals surface area contributed by atoms with Gasteiger partial charge in [0.2, 0.25) is 11.8 Å². The number of ether oxygens (including phenoxy) is 1. The number of nitrogens with zero attached hydrogens (tertiary/aromatic N) is 2. The summed E-state index contributed by atoms with van der Waals surface area (Å²) in [5.41, 5.74) is 0.853. The van der Waals surface area contributed by atoms with Crippen molar-refractivity contribution in [2.75, 3.05) is 24.0 Å². The first kappa shape index (κ1) is 32.2. The fraction of sp³-hybridized carbons (Fsp3) is 0.333. The average Bonchev–Trinajstić information content (AvgIpc) is 2.97. The summed E-state index contributed by atoms with van der Waals surface area (Å²) in [6.45, 7) is 5.71. The molecule has 0 heterocycles. The molecule has 0 radical (unpaired) electrons. The van der Waals surface area contributed by atoms with Crippen LogP contribution in [0.5, 0.6) is 5.75 Å². The molecule has 3 aromatic carbocycles. The highest BCUT2D eigenvalue weighted by Gasteiger charge is 2.34. The molecular formula is C30H35Cl2N3O5S. The standard InChI is InChI=1S/C30H35Cl2N3O5S/c1-4-18-33-30(37)26(5-2)34(20-22-16-17-24(31)25(32)19-22)29(36)21-35(27-14-10-11-15-28(27)40-6-3)41(38,39)23-12-8-7-9-13-23/h7-17,19,26H,4-6,18,20-21H2,1-3H3,(H,33,37)/t26-/m1/s1. The lowest BCUT2D eigenvalue weighted by molar-refractivity contribution is -0.140. The molecule has 0 fully saturated rings. The van der Waals surface area contributed by atoms with Crippen molar-refractivity contribution in [3.05, 3.63) is 88.4 Å². The largest absolute Gasteiger partial charge is 0.492 e. The van der Waals surface area contributed by atoms with Crippen LogP contribution in [0.15, 0.2) is 77.7 Å². The molecule has 3 rings (SSSR count). The normalized spacial score (nSPS) is 11.9. The minimum absolute atomic E-state index is 0.0140. The monoisotopic (exact) mass is 619 g/mol. The Hall–Kier alpha value is -3.27. The van der Waals surface area contributed by atoms with Gasteiger partial charge in [-0.15, -0.1) is 0 Å². The van der Waals surface area contributed by atoms with Crippen molar-refractivity contribution in [1.29, 1.82) is 0 Å². The van der Waals surface area contributed by atoms with Crippen molar-refractivity contribution in [1.82, 2.24) is 10.2 Å². The smallest absolute Gasteiger partial charge is 0.264 e. The van der Waals surface area contributed by atoms with Gasteiger partial charge in [0.15, 0.2) is 0 Å². The highest BCUT2D eigenvalue weighted by molar-refractivity contribution is 7.92. The van der Waals surface area contributed by atoms with E-state index in [0.717, 1.165) is 10.7 Å². The lowest BCUT2D eigenvalue weighted by Crippen LogP contribution is -2.52. The van der Waals surface area contributed by atoms with Crippen LogP contribution in [-0.2, 0) is 26.2 Å². The maximum absolute atomic E-state index is 14.1. The van der Waals surface area contributed by atoms with Crippen molar-refractivity contribution in [3.8, 4) is 5.75 Å². The Balaban J connectivity index is 2.10. The highest BCUT2D eigenvalue weighted by Crippen LogP contribution is 2.33. The summed E-state index contributed by atoms with van der Waals surface area (Å²) in [4.78, 5) is 28.8. The summed E-state index contributed by atoms with van der Waals surface area (Å²) in [6.07, 6.45) is 1.03. The van der Waals surface area contributed by atoms with Gasteiger partial charge >= 0.3 is 0 Å². The van der Waals surface area contributed by atoms with Gasteiger partial charge < -0.3 is 15.0 Å². The number of halogens is 2. The molecule has 0 saturated heterocycles. The number of nitrogens with one attached hydrogen (secondary N) is 1. The molecule has 2 amide bonds. The van der Waals surface area contributed by atoms with Crippen LogP contribution in [0.4, 0.5) is 5.69 Å². The molecule has 41 heavy (non-hydrogen) atoms. The van der Waals surface area contributed by atoms with E-state index in [0.29, 0.717) is 40.9 Å². The van der Waals surface area contributed by atoms with Crippen LogP contribution in [0.25, 0.3) is 0 Å². The topological polar surface area (TPSA) is 96.0 Å². The van der Waals surface area contributed by atoms with Gasteiger partial charge in [-0.3, -0.25) is 13.9 Å². The second-order valence-electron chi connectivity index (χ2n) is 9.21. The molecule has 220 valence electrons. The number of carbonyl (C=O) groups is 2. The Morgan fingerprint density at radius 3 is 2.24 bits per heavy atom. The maximum atomic E-state index is 14.1. The molecule has 0 saturated carbocycles. The third-order valence-electron chi connectivity index (χ3n) is 6.32. The number of amides is 2. The SMILES string of the molecule is CCCNC(=O)[C@@H](CC)N(Cc1ccc(Cl)c(Cl)c1)C(=O)CN(c1ccccc1OCC)S(=O)(=O)c1ccccc1. The minimum Gasteiger partial charge on any atom is -0.492 e. The van der Waals surface area contributed by atoms with Crippen molar-refractivity contribution in [2.45, 2.75) is 51.1 Å². The Labute approximate surface area is 252 Å². The zero-order valence-electron chi connectivity index (χ0n) is 23.3. The van der Waals surface area contributed by atoms with E-state index in [1.165, 1.54) is 17.0 Å². The molecule has 11 heteroatoms. The molecule has 0 unspecified atom stereocenters. The first-order valence-corrected chi connectivity index (χ1v) is 15.6. The van der Waals surface area contributed by atoms with E-state index < -0.39 is 28.5 Å². The average molecular weight is 621 g/mol. The van der Waals surface area contributed by atoms with Crippen molar-refractivity contribution in [3.63, 3.8) is 0 Å².